The zero-order valence-electron chi connectivity index (χ0n) is 6.57. The summed E-state index contributed by atoms with van der Waals surface area (Å²) in [4.78, 5) is 12.8. The van der Waals surface area contributed by atoms with Crippen LogP contribution in [0.1, 0.15) is 6.92 Å². The van der Waals surface area contributed by atoms with Gasteiger partial charge in [-0.3, -0.25) is 9.69 Å². The predicted molar refractivity (Wildman–Crippen MR) is 46.9 cm³/mol. The van der Waals surface area contributed by atoms with E-state index in [0.29, 0.717) is 5.37 Å². The maximum Gasteiger partial charge on any atom is 0.257 e. The van der Waals surface area contributed by atoms with Gasteiger partial charge in [0.05, 0.1) is 0 Å². The van der Waals surface area contributed by atoms with Gasteiger partial charge in [0.15, 0.2) is 0 Å². The number of nitrogens with zero attached hydrogens (tertiary/aromatic N) is 1. The van der Waals surface area contributed by atoms with Crippen LogP contribution in [0.4, 0.5) is 0 Å². The van der Waals surface area contributed by atoms with Crippen LogP contribution >= 0.6 is 11.8 Å². The molecule has 0 spiro atoms. The zero-order valence-corrected chi connectivity index (χ0v) is 9.39. The Morgan fingerprint density at radius 1 is 1.73 bits per heavy atom. The van der Waals surface area contributed by atoms with Gasteiger partial charge in [-0.2, -0.15) is 0 Å². The minimum Gasteiger partial charge on any atom is -0.298 e. The zero-order chi connectivity index (χ0) is 7.14. The van der Waals surface area contributed by atoms with E-state index in [0.717, 1.165) is 5.57 Å². The van der Waals surface area contributed by atoms with E-state index < -0.39 is 0 Å². The van der Waals surface area contributed by atoms with Gasteiger partial charge in [0.2, 0.25) is 0 Å². The van der Waals surface area contributed by atoms with Crippen LogP contribution in [0.5, 0.6) is 0 Å². The first-order valence-electron chi connectivity index (χ1n) is 3.15. The topological polar surface area (TPSA) is 20.3 Å². The van der Waals surface area contributed by atoms with E-state index in [4.69, 9.17) is 0 Å². The molecule has 0 aromatic carbocycles. The summed E-state index contributed by atoms with van der Waals surface area (Å²) in [5, 5.41) is 2.26. The average molecular weight is 176 g/mol. The molecule has 2 aliphatic heterocycles. The second kappa shape index (κ2) is 3.35. The third-order valence-electron chi connectivity index (χ3n) is 1.74. The van der Waals surface area contributed by atoms with Crippen LogP contribution in [0.15, 0.2) is 23.3 Å². The normalized spacial score (nSPS) is 29.9. The summed E-state index contributed by atoms with van der Waals surface area (Å²) >= 11 is 1.68. The third kappa shape index (κ3) is 1.20. The van der Waals surface area contributed by atoms with Gasteiger partial charge in [-0.05, 0) is 12.3 Å². The number of rotatable bonds is 0. The molecule has 1 radical (unpaired) electrons. The fourth-order valence-corrected chi connectivity index (χ4v) is 2.20. The van der Waals surface area contributed by atoms with Crippen molar-refractivity contribution in [3.63, 3.8) is 0 Å². The van der Waals surface area contributed by atoms with E-state index in [1.54, 1.807) is 16.7 Å². The quantitative estimate of drug-likeness (QED) is 0.311. The van der Waals surface area contributed by atoms with Gasteiger partial charge in [-0.25, -0.2) is 0 Å². The summed E-state index contributed by atoms with van der Waals surface area (Å²) in [6.45, 7) is 1.91. The molecule has 4 heteroatoms. The van der Waals surface area contributed by atoms with E-state index >= 15 is 0 Å². The molecule has 1 fully saturated rings. The summed E-state index contributed by atoms with van der Waals surface area (Å²) in [6, 6.07) is 0. The van der Waals surface area contributed by atoms with E-state index in [9.17, 15) is 4.79 Å². The number of β-lactam (4-membered cyclic amide) rings is 1. The van der Waals surface area contributed by atoms with Gasteiger partial charge in [-0.1, -0.05) is 6.08 Å². The summed E-state index contributed by atoms with van der Waals surface area (Å²) < 4.78 is 0. The van der Waals surface area contributed by atoms with Gasteiger partial charge < -0.3 is 0 Å². The molecular weight excluding hydrogens is 169 g/mol. The standard InChI is InChI=1S/C7H7NOS.Na/c1-2-5-6(9)8-3-4-10-7(5)8;/h2-4,7H,1H3;/b5-2-;/t7-;/m1./s1. The van der Waals surface area contributed by atoms with Gasteiger partial charge in [0.1, 0.15) is 5.37 Å². The van der Waals surface area contributed by atoms with E-state index in [1.165, 1.54) is 0 Å². The van der Waals surface area contributed by atoms with Crippen LogP contribution in [0.25, 0.3) is 0 Å². The maximum absolute atomic E-state index is 11.1. The monoisotopic (exact) mass is 176 g/mol. The fourth-order valence-electron chi connectivity index (χ4n) is 1.17. The number of fused-ring (bicyclic) bond motifs is 1. The molecular formula is C7H7NNaOS. The average Bonchev–Trinajstić information content (AvgIpc) is 2.33. The molecule has 1 atom stereocenters. The molecule has 2 rings (SSSR count). The molecule has 11 heavy (non-hydrogen) atoms. The molecule has 0 aromatic heterocycles. The van der Waals surface area contributed by atoms with Crippen LogP contribution in [0.3, 0.4) is 0 Å². The number of allylic oxidation sites excluding steroid dienone is 1. The molecule has 0 aromatic rings. The second-order valence-electron chi connectivity index (χ2n) is 2.23. The van der Waals surface area contributed by atoms with Crippen molar-refractivity contribution in [2.45, 2.75) is 12.3 Å². The van der Waals surface area contributed by atoms with Crippen molar-refractivity contribution in [3.8, 4) is 0 Å². The SMILES string of the molecule is C/C=C1/C(=O)N2C=CS[C@H]12.[Na]. The Morgan fingerprint density at radius 2 is 2.45 bits per heavy atom. The molecule has 0 saturated carbocycles. The molecule has 0 bridgehead atoms. The Hall–Kier alpha value is 0.300. The Bertz CT molecular complexity index is 249. The number of hydrogen-bond donors (Lipinski definition) is 0. The van der Waals surface area contributed by atoms with Crippen LogP contribution in [-0.4, -0.2) is 45.7 Å². The largest absolute Gasteiger partial charge is 0.298 e. The molecule has 0 aliphatic carbocycles. The van der Waals surface area contributed by atoms with E-state index in [-0.39, 0.29) is 35.5 Å². The molecule has 2 nitrogen and oxygen atoms in total. The number of carbonyl (C=O) groups is 1. The van der Waals surface area contributed by atoms with Crippen molar-refractivity contribution >= 4 is 47.2 Å². The van der Waals surface area contributed by atoms with E-state index in [1.807, 2.05) is 24.6 Å². The summed E-state index contributed by atoms with van der Waals surface area (Å²) in [5.41, 5.74) is 0.940. The van der Waals surface area contributed by atoms with Crippen LogP contribution in [0.2, 0.25) is 0 Å². The van der Waals surface area contributed by atoms with Gasteiger partial charge >= 0.3 is 0 Å². The Balaban J connectivity index is 0.000000605. The van der Waals surface area contributed by atoms with Gasteiger partial charge in [0.25, 0.3) is 5.91 Å². The van der Waals surface area contributed by atoms with Crippen molar-refractivity contribution < 1.29 is 4.79 Å². The van der Waals surface area contributed by atoms with Crippen molar-refractivity contribution in [2.24, 2.45) is 0 Å². The van der Waals surface area contributed by atoms with Crippen LogP contribution in [-0.2, 0) is 4.79 Å². The molecule has 1 saturated heterocycles. The smallest absolute Gasteiger partial charge is 0.257 e. The first kappa shape index (κ1) is 9.39. The minimum atomic E-state index is 0. The molecule has 2 aliphatic rings. The fraction of sp³-hybridized carbons (Fsp3) is 0.286. The Morgan fingerprint density at radius 3 is 3.09 bits per heavy atom. The van der Waals surface area contributed by atoms with E-state index in [2.05, 4.69) is 0 Å². The number of hydrogen-bond acceptors (Lipinski definition) is 2. The minimum absolute atomic E-state index is 0. The Labute approximate surface area is 92.0 Å². The molecule has 0 N–H and O–H groups in total. The number of thioether (sulfide) groups is 1. The van der Waals surface area contributed by atoms with Crippen molar-refractivity contribution in [3.05, 3.63) is 23.3 Å². The predicted octanol–water partition coefficient (Wildman–Crippen LogP) is 0.938. The molecule has 0 unspecified atom stereocenters. The number of carbonyl (C=O) groups excluding carboxylic acids is 1. The van der Waals surface area contributed by atoms with Gasteiger partial charge in [-0.15, -0.1) is 11.8 Å². The summed E-state index contributed by atoms with van der Waals surface area (Å²) in [5.74, 6) is 0.161. The Kier molecular flexibility index (Phi) is 2.86. The van der Waals surface area contributed by atoms with Crippen molar-refractivity contribution in [2.75, 3.05) is 0 Å². The number of amides is 1. The van der Waals surface area contributed by atoms with Gasteiger partial charge in [0, 0.05) is 41.3 Å². The molecule has 2 heterocycles. The van der Waals surface area contributed by atoms with Crippen LogP contribution in [0, 0.1) is 0 Å². The maximum atomic E-state index is 11.1. The summed E-state index contributed by atoms with van der Waals surface area (Å²) in [6.07, 6.45) is 3.73. The van der Waals surface area contributed by atoms with Crippen LogP contribution < -0.4 is 0 Å². The third-order valence-corrected chi connectivity index (χ3v) is 2.76. The molecule has 53 valence electrons. The first-order chi connectivity index (χ1) is 4.84. The molecule has 1 amide bonds. The van der Waals surface area contributed by atoms with Crippen molar-refractivity contribution in [1.29, 1.82) is 0 Å². The first-order valence-corrected chi connectivity index (χ1v) is 4.10. The van der Waals surface area contributed by atoms with Crippen molar-refractivity contribution in [1.82, 2.24) is 4.90 Å². The second-order valence-corrected chi connectivity index (χ2v) is 3.22. The summed E-state index contributed by atoms with van der Waals surface area (Å²) in [7, 11) is 0.